The lowest BCUT2D eigenvalue weighted by Gasteiger charge is -2.17. The summed E-state index contributed by atoms with van der Waals surface area (Å²) >= 11 is 0. The number of sulfonamides is 1. The van der Waals surface area contributed by atoms with E-state index in [0.29, 0.717) is 30.0 Å². The molecule has 11 heteroatoms. The fraction of sp³-hybridized carbons (Fsp3) is 0.167. The molecular weight excluding hydrogens is 540 g/mol. The molecule has 4 N–H and O–H groups in total. The Labute approximate surface area is 236 Å². The third-order valence-electron chi connectivity index (χ3n) is 7.02. The molecule has 6 rings (SSSR count). The first-order valence-electron chi connectivity index (χ1n) is 13.1. The van der Waals surface area contributed by atoms with Crippen LogP contribution in [0.5, 0.6) is 0 Å². The van der Waals surface area contributed by atoms with Crippen LogP contribution in [0.25, 0.3) is 38.6 Å². The smallest absolute Gasteiger partial charge is 0.278 e. The molecular formula is C30H28N6O4S. The summed E-state index contributed by atoms with van der Waals surface area (Å²) in [6, 6.07) is 12.8. The summed E-state index contributed by atoms with van der Waals surface area (Å²) in [5, 5.41) is 4.58. The first-order valence-corrected chi connectivity index (χ1v) is 14.6. The SMILES string of the molecule is COCCNC(=O)c1ccc(-c2cnc3[nH]c4ccc(NS(=O)(=O)c5cnc[nH]5)cc4c3c2C2=CC=CCC2)cc1. The van der Waals surface area contributed by atoms with Crippen molar-refractivity contribution < 1.29 is 17.9 Å². The van der Waals surface area contributed by atoms with Gasteiger partial charge in [0, 0.05) is 53.0 Å². The Bertz CT molecular complexity index is 1910. The van der Waals surface area contributed by atoms with Crippen LogP contribution in [0.2, 0.25) is 0 Å². The molecule has 0 bridgehead atoms. The molecule has 0 atom stereocenters. The van der Waals surface area contributed by atoms with Crippen molar-refractivity contribution in [1.82, 2.24) is 25.3 Å². The first kappa shape index (κ1) is 26.5. The summed E-state index contributed by atoms with van der Waals surface area (Å²) in [5.74, 6) is -0.163. The lowest BCUT2D eigenvalue weighted by atomic mass is 9.88. The highest BCUT2D eigenvalue weighted by atomic mass is 32.2. The van der Waals surface area contributed by atoms with Crippen LogP contribution >= 0.6 is 0 Å². The van der Waals surface area contributed by atoms with Gasteiger partial charge in [-0.05, 0) is 59.9 Å². The van der Waals surface area contributed by atoms with Gasteiger partial charge in [-0.3, -0.25) is 9.52 Å². The maximum atomic E-state index is 12.8. The van der Waals surface area contributed by atoms with Crippen LogP contribution in [0, 0.1) is 0 Å². The maximum Gasteiger partial charge on any atom is 0.278 e. The number of carbonyl (C=O) groups is 1. The number of H-pyrrole nitrogens is 2. The number of aromatic amines is 2. The molecule has 3 heterocycles. The number of nitrogens with one attached hydrogen (secondary N) is 4. The first-order chi connectivity index (χ1) is 19.9. The fourth-order valence-corrected chi connectivity index (χ4v) is 6.01. The van der Waals surface area contributed by atoms with E-state index in [-0.39, 0.29) is 10.9 Å². The van der Waals surface area contributed by atoms with Gasteiger partial charge in [0.1, 0.15) is 5.65 Å². The summed E-state index contributed by atoms with van der Waals surface area (Å²) in [5.41, 5.74) is 6.55. The van der Waals surface area contributed by atoms with Crippen molar-refractivity contribution >= 4 is 49.1 Å². The molecule has 0 spiro atoms. The van der Waals surface area contributed by atoms with E-state index in [9.17, 15) is 13.2 Å². The largest absolute Gasteiger partial charge is 0.383 e. The number of hydrogen-bond donors (Lipinski definition) is 4. The summed E-state index contributed by atoms with van der Waals surface area (Å²) in [6.07, 6.45) is 12.5. The second-order valence-electron chi connectivity index (χ2n) is 9.66. The van der Waals surface area contributed by atoms with E-state index in [1.807, 2.05) is 30.5 Å². The summed E-state index contributed by atoms with van der Waals surface area (Å²) in [6.45, 7) is 0.878. The predicted molar refractivity (Wildman–Crippen MR) is 159 cm³/mol. The molecule has 1 amide bonds. The van der Waals surface area contributed by atoms with Gasteiger partial charge in [-0.15, -0.1) is 0 Å². The zero-order valence-corrected chi connectivity index (χ0v) is 23.1. The number of rotatable bonds is 9. The number of aromatic nitrogens is 4. The van der Waals surface area contributed by atoms with E-state index in [1.54, 1.807) is 25.3 Å². The zero-order valence-electron chi connectivity index (χ0n) is 22.3. The van der Waals surface area contributed by atoms with E-state index in [4.69, 9.17) is 9.72 Å². The molecule has 0 unspecified atom stereocenters. The van der Waals surface area contributed by atoms with Crippen molar-refractivity contribution in [3.05, 3.63) is 90.5 Å². The van der Waals surface area contributed by atoms with Gasteiger partial charge in [0.15, 0.2) is 5.03 Å². The summed E-state index contributed by atoms with van der Waals surface area (Å²) < 4.78 is 33.4. The zero-order chi connectivity index (χ0) is 28.4. The minimum absolute atomic E-state index is 0.0175. The number of anilines is 1. The predicted octanol–water partition coefficient (Wildman–Crippen LogP) is 5.02. The van der Waals surface area contributed by atoms with Gasteiger partial charge >= 0.3 is 0 Å². The lowest BCUT2D eigenvalue weighted by Crippen LogP contribution is -2.26. The van der Waals surface area contributed by atoms with E-state index in [0.717, 1.165) is 51.4 Å². The number of benzene rings is 2. The average Bonchev–Trinajstić information content (AvgIpc) is 3.66. The monoisotopic (exact) mass is 568 g/mol. The van der Waals surface area contributed by atoms with Gasteiger partial charge in [0.25, 0.3) is 15.9 Å². The highest BCUT2D eigenvalue weighted by Crippen LogP contribution is 2.41. The average molecular weight is 569 g/mol. The Morgan fingerprint density at radius 1 is 1.12 bits per heavy atom. The van der Waals surface area contributed by atoms with Crippen molar-refractivity contribution in [2.24, 2.45) is 0 Å². The van der Waals surface area contributed by atoms with Crippen LogP contribution in [0.15, 0.2) is 84.4 Å². The Morgan fingerprint density at radius 2 is 1.98 bits per heavy atom. The number of carbonyl (C=O) groups excluding carboxylic acids is 1. The number of amides is 1. The van der Waals surface area contributed by atoms with Gasteiger partial charge in [-0.1, -0.05) is 30.4 Å². The minimum Gasteiger partial charge on any atom is -0.383 e. The molecule has 10 nitrogen and oxygen atoms in total. The number of nitrogens with zero attached hydrogens (tertiary/aromatic N) is 2. The number of imidazole rings is 1. The van der Waals surface area contributed by atoms with E-state index >= 15 is 0 Å². The maximum absolute atomic E-state index is 12.8. The molecule has 5 aromatic rings. The Morgan fingerprint density at radius 3 is 2.71 bits per heavy atom. The topological polar surface area (TPSA) is 142 Å². The second kappa shape index (κ2) is 11.0. The van der Waals surface area contributed by atoms with E-state index < -0.39 is 10.0 Å². The third kappa shape index (κ3) is 5.24. The molecule has 1 aliphatic rings. The highest BCUT2D eigenvalue weighted by Gasteiger charge is 2.21. The molecule has 0 fully saturated rings. The molecule has 41 heavy (non-hydrogen) atoms. The molecule has 1 aliphatic carbocycles. The number of hydrogen-bond acceptors (Lipinski definition) is 6. The second-order valence-corrected chi connectivity index (χ2v) is 11.3. The molecule has 0 aliphatic heterocycles. The van der Waals surface area contributed by atoms with Crippen molar-refractivity contribution in [2.45, 2.75) is 17.9 Å². The number of allylic oxidation sites excluding steroid dienone is 4. The van der Waals surface area contributed by atoms with Crippen LogP contribution in [0.3, 0.4) is 0 Å². The van der Waals surface area contributed by atoms with Gasteiger partial charge < -0.3 is 20.0 Å². The lowest BCUT2D eigenvalue weighted by molar-refractivity contribution is 0.0937. The Kier molecular flexibility index (Phi) is 7.12. The van der Waals surface area contributed by atoms with Crippen molar-refractivity contribution in [3.8, 4) is 11.1 Å². The molecule has 3 aromatic heterocycles. The molecule has 0 saturated heterocycles. The standard InChI is InChI=1S/C30H28N6O4S/c1-40-14-13-32-30(37)21-9-7-19(8-10-21)24-16-33-29-28(27(24)20-5-3-2-4-6-20)23-15-22(11-12-25(23)35-29)36-41(38,39)26-17-31-18-34-26/h2-3,5,7-12,15-18,36H,4,6,13-14H2,1H3,(H,31,34)(H,32,37)(H,33,35). The summed E-state index contributed by atoms with van der Waals surface area (Å²) in [7, 11) is -2.24. The van der Waals surface area contributed by atoms with Gasteiger partial charge in [-0.2, -0.15) is 8.42 Å². The van der Waals surface area contributed by atoms with Crippen LogP contribution < -0.4 is 10.0 Å². The van der Waals surface area contributed by atoms with Crippen LogP contribution in [0.4, 0.5) is 5.69 Å². The quantitative estimate of drug-likeness (QED) is 0.184. The number of ether oxygens (including phenoxy) is 1. The fourth-order valence-electron chi connectivity index (χ4n) is 5.05. The summed E-state index contributed by atoms with van der Waals surface area (Å²) in [4.78, 5) is 27.1. The van der Waals surface area contributed by atoms with E-state index in [1.165, 1.54) is 12.5 Å². The van der Waals surface area contributed by atoms with Gasteiger partial charge in [0.2, 0.25) is 0 Å². The third-order valence-corrected chi connectivity index (χ3v) is 8.33. The van der Waals surface area contributed by atoms with Crippen LogP contribution in [-0.2, 0) is 14.8 Å². The van der Waals surface area contributed by atoms with Gasteiger partial charge in [0.05, 0.1) is 19.1 Å². The normalized spacial score (nSPS) is 13.4. The van der Waals surface area contributed by atoms with Crippen molar-refractivity contribution in [2.75, 3.05) is 25.0 Å². The van der Waals surface area contributed by atoms with Crippen molar-refractivity contribution in [1.29, 1.82) is 0 Å². The number of methoxy groups -OCH3 is 1. The molecule has 2 aromatic carbocycles. The van der Waals surface area contributed by atoms with Gasteiger partial charge in [-0.25, -0.2) is 9.97 Å². The molecule has 208 valence electrons. The highest BCUT2D eigenvalue weighted by molar-refractivity contribution is 7.92. The van der Waals surface area contributed by atoms with Crippen molar-refractivity contribution in [3.63, 3.8) is 0 Å². The molecule has 0 radical (unpaired) electrons. The van der Waals surface area contributed by atoms with Crippen LogP contribution in [0.1, 0.15) is 28.8 Å². The van der Waals surface area contributed by atoms with Crippen LogP contribution in [-0.4, -0.2) is 54.5 Å². The minimum atomic E-state index is -3.83. The van der Waals surface area contributed by atoms with E-state index in [2.05, 4.69) is 43.2 Å². The Hall–Kier alpha value is -4.74. The number of pyridine rings is 1. The number of fused-ring (bicyclic) bond motifs is 3. The Balaban J connectivity index is 1.46. The molecule has 0 saturated carbocycles.